The minimum absolute atomic E-state index is 0.144. The summed E-state index contributed by atoms with van der Waals surface area (Å²) in [7, 11) is -3.50. The first-order chi connectivity index (χ1) is 9.63. The van der Waals surface area contributed by atoms with Crippen LogP contribution in [-0.2, 0) is 9.84 Å². The highest BCUT2D eigenvalue weighted by atomic mass is 32.2. The Kier molecular flexibility index (Phi) is 6.17. The van der Waals surface area contributed by atoms with E-state index in [4.69, 9.17) is 10.9 Å². The zero-order chi connectivity index (χ0) is 16.3. The van der Waals surface area contributed by atoms with Crippen LogP contribution < -0.4 is 5.73 Å². The lowest BCUT2D eigenvalue weighted by atomic mass is 10.1. The number of oxime groups is 1. The number of alkyl halides is 3. The van der Waals surface area contributed by atoms with Crippen LogP contribution in [0.3, 0.4) is 0 Å². The van der Waals surface area contributed by atoms with Gasteiger partial charge in [0.2, 0.25) is 0 Å². The van der Waals surface area contributed by atoms with E-state index in [1.165, 1.54) is 23.6 Å². The second-order valence-electron chi connectivity index (χ2n) is 4.60. The monoisotopic (exact) mass is 349 g/mol. The second-order valence-corrected chi connectivity index (χ2v) is 8.19. The van der Waals surface area contributed by atoms with E-state index in [1.807, 2.05) is 0 Å². The van der Waals surface area contributed by atoms with E-state index in [-0.39, 0.29) is 18.1 Å². The number of thioether (sulfide) groups is 1. The van der Waals surface area contributed by atoms with E-state index in [1.54, 1.807) is 0 Å². The van der Waals surface area contributed by atoms with E-state index in [0.717, 1.165) is 0 Å². The topological polar surface area (TPSA) is 96.0 Å². The Balaban J connectivity index is 3.00. The van der Waals surface area contributed by atoms with Gasteiger partial charge in [-0.1, -0.05) is 12.1 Å². The maximum Gasteiger partial charge on any atom is 0.400 e. The predicted octanol–water partition coefficient (Wildman–Crippen LogP) is 0.721. The quantitative estimate of drug-likeness (QED) is 0.329. The molecule has 0 aromatic heterocycles. The van der Waals surface area contributed by atoms with Crippen LogP contribution in [0, 0.1) is 5.92 Å². The van der Waals surface area contributed by atoms with Crippen LogP contribution >= 0.6 is 11.8 Å². The molecule has 1 fully saturated rings. The largest absolute Gasteiger partial charge is 0.409 e. The highest BCUT2D eigenvalue weighted by molar-refractivity contribution is 8.01. The first-order valence-corrected chi connectivity index (χ1v) is 9.08. The Labute approximate surface area is 125 Å². The third kappa shape index (κ3) is 4.65. The van der Waals surface area contributed by atoms with Crippen LogP contribution in [-0.4, -0.2) is 66.3 Å². The summed E-state index contributed by atoms with van der Waals surface area (Å²) in [6.45, 7) is 1.03. The van der Waals surface area contributed by atoms with Gasteiger partial charge in [-0.3, -0.25) is 4.90 Å². The number of halogens is 3. The Morgan fingerprint density at radius 3 is 2.67 bits per heavy atom. The molecule has 0 saturated carbocycles. The van der Waals surface area contributed by atoms with Gasteiger partial charge in [-0.2, -0.15) is 24.9 Å². The predicted molar refractivity (Wildman–Crippen MR) is 75.1 cm³/mol. The van der Waals surface area contributed by atoms with Gasteiger partial charge in [0, 0.05) is 30.3 Å². The van der Waals surface area contributed by atoms with Crippen LogP contribution in [0.15, 0.2) is 5.16 Å². The molecular formula is C10H18F3N3O3S2. The summed E-state index contributed by atoms with van der Waals surface area (Å²) in [5.74, 6) is -2.55. The molecule has 0 spiro atoms. The molecule has 0 aliphatic carbocycles. The summed E-state index contributed by atoms with van der Waals surface area (Å²) in [5.41, 5.74) is 5.11. The molecule has 1 aliphatic rings. The van der Waals surface area contributed by atoms with Crippen molar-refractivity contribution >= 4 is 27.4 Å². The molecule has 0 bridgehead atoms. The molecule has 124 valence electrons. The maximum atomic E-state index is 13.0. The molecule has 21 heavy (non-hydrogen) atoms. The molecule has 6 nitrogen and oxygen atoms in total. The minimum atomic E-state index is -4.71. The van der Waals surface area contributed by atoms with Crippen molar-refractivity contribution in [1.29, 1.82) is 0 Å². The van der Waals surface area contributed by atoms with Crippen molar-refractivity contribution in [2.24, 2.45) is 16.8 Å². The number of nitrogens with two attached hydrogens (primary N) is 1. The molecule has 2 atom stereocenters. The average Bonchev–Trinajstić information content (AvgIpc) is 2.43. The zero-order valence-electron chi connectivity index (χ0n) is 11.4. The molecule has 1 rings (SSSR count). The molecule has 1 heterocycles. The van der Waals surface area contributed by atoms with Gasteiger partial charge in [0.25, 0.3) is 0 Å². The number of sulfone groups is 1. The van der Waals surface area contributed by atoms with E-state index >= 15 is 0 Å². The molecule has 0 amide bonds. The van der Waals surface area contributed by atoms with Crippen molar-refractivity contribution < 1.29 is 26.8 Å². The molecule has 1 saturated heterocycles. The fourth-order valence-electron chi connectivity index (χ4n) is 2.02. The lowest BCUT2D eigenvalue weighted by Crippen LogP contribution is -2.53. The Bertz CT molecular complexity index is 482. The number of amidine groups is 1. The summed E-state index contributed by atoms with van der Waals surface area (Å²) in [4.78, 5) is 1.26. The first kappa shape index (κ1) is 18.4. The van der Waals surface area contributed by atoms with Crippen molar-refractivity contribution in [3.63, 3.8) is 0 Å². The van der Waals surface area contributed by atoms with E-state index in [0.29, 0.717) is 5.75 Å². The molecular weight excluding hydrogens is 331 g/mol. The van der Waals surface area contributed by atoms with E-state index in [2.05, 4.69) is 5.16 Å². The fraction of sp³-hybridized carbons (Fsp3) is 0.900. The fourth-order valence-corrected chi connectivity index (χ4v) is 5.11. The standard InChI is InChI=1S/C10H18F3N3O3S2/c1-2-21(18,19)8-6-20-4-3-16(8)5-7(9(14)15-17)10(11,12)13/h7-8,17H,2-6H2,1H3,(H2,14,15). The SMILES string of the molecule is CCS(=O)(=O)C1CSCCN1CC(C(N)=NO)C(F)(F)F. The highest BCUT2D eigenvalue weighted by Crippen LogP contribution is 2.30. The number of nitrogens with zero attached hydrogens (tertiary/aromatic N) is 2. The van der Waals surface area contributed by atoms with Gasteiger partial charge < -0.3 is 10.9 Å². The maximum absolute atomic E-state index is 13.0. The Morgan fingerprint density at radius 2 is 2.19 bits per heavy atom. The number of hydrogen-bond acceptors (Lipinski definition) is 6. The number of hydrogen-bond donors (Lipinski definition) is 2. The van der Waals surface area contributed by atoms with Gasteiger partial charge in [-0.15, -0.1) is 0 Å². The minimum Gasteiger partial charge on any atom is -0.409 e. The van der Waals surface area contributed by atoms with Gasteiger partial charge in [0.1, 0.15) is 11.3 Å². The van der Waals surface area contributed by atoms with Crippen LogP contribution in [0.4, 0.5) is 13.2 Å². The van der Waals surface area contributed by atoms with Crippen molar-refractivity contribution in [2.45, 2.75) is 18.5 Å². The second kappa shape index (κ2) is 7.05. The molecule has 2 unspecified atom stereocenters. The molecule has 11 heteroatoms. The summed E-state index contributed by atoms with van der Waals surface area (Å²) < 4.78 is 62.9. The molecule has 1 aliphatic heterocycles. The first-order valence-electron chi connectivity index (χ1n) is 6.21. The molecule has 0 aromatic rings. The van der Waals surface area contributed by atoms with Crippen LogP contribution in [0.25, 0.3) is 0 Å². The molecule has 3 N–H and O–H groups in total. The van der Waals surface area contributed by atoms with Gasteiger partial charge in [0.05, 0.1) is 0 Å². The van der Waals surface area contributed by atoms with Crippen molar-refractivity contribution in [1.82, 2.24) is 4.90 Å². The van der Waals surface area contributed by atoms with Gasteiger partial charge >= 0.3 is 6.18 Å². The lowest BCUT2D eigenvalue weighted by Gasteiger charge is -2.36. The molecule has 0 radical (unpaired) electrons. The normalized spacial score (nSPS) is 24.0. The number of rotatable bonds is 5. The van der Waals surface area contributed by atoms with Crippen molar-refractivity contribution in [2.75, 3.05) is 30.3 Å². The van der Waals surface area contributed by atoms with Crippen molar-refractivity contribution in [3.8, 4) is 0 Å². The summed E-state index contributed by atoms with van der Waals surface area (Å²) in [6, 6.07) is 0. The third-order valence-electron chi connectivity index (χ3n) is 3.29. The van der Waals surface area contributed by atoms with E-state index < -0.39 is 39.7 Å². The van der Waals surface area contributed by atoms with Gasteiger partial charge in [0.15, 0.2) is 15.7 Å². The van der Waals surface area contributed by atoms with Crippen LogP contribution in [0.1, 0.15) is 6.92 Å². The summed E-state index contributed by atoms with van der Waals surface area (Å²) in [5, 5.41) is 9.94. The van der Waals surface area contributed by atoms with Crippen molar-refractivity contribution in [3.05, 3.63) is 0 Å². The van der Waals surface area contributed by atoms with E-state index in [9.17, 15) is 21.6 Å². The average molecular weight is 349 g/mol. The summed E-state index contributed by atoms with van der Waals surface area (Å²) >= 11 is 1.38. The van der Waals surface area contributed by atoms with Gasteiger partial charge in [-0.05, 0) is 0 Å². The lowest BCUT2D eigenvalue weighted by molar-refractivity contribution is -0.160. The molecule has 0 aromatic carbocycles. The smallest absolute Gasteiger partial charge is 0.400 e. The zero-order valence-corrected chi connectivity index (χ0v) is 13.0. The third-order valence-corrected chi connectivity index (χ3v) is 6.62. The van der Waals surface area contributed by atoms with Gasteiger partial charge in [-0.25, -0.2) is 8.42 Å². The van der Waals surface area contributed by atoms with Crippen LogP contribution in [0.2, 0.25) is 0 Å². The Morgan fingerprint density at radius 1 is 1.57 bits per heavy atom. The highest BCUT2D eigenvalue weighted by Gasteiger charge is 2.46. The van der Waals surface area contributed by atoms with Crippen LogP contribution in [0.5, 0.6) is 0 Å². The summed E-state index contributed by atoms with van der Waals surface area (Å²) in [6.07, 6.45) is -4.71. The Hall–Kier alpha value is -0.680.